The molecule has 0 radical (unpaired) electrons. The van der Waals surface area contributed by atoms with Crippen LogP contribution in [-0.4, -0.2) is 45.8 Å². The predicted molar refractivity (Wildman–Crippen MR) is 77.0 cm³/mol. The highest BCUT2D eigenvalue weighted by atomic mass is 16.5. The Balaban J connectivity index is 1.93. The van der Waals surface area contributed by atoms with E-state index in [9.17, 15) is 4.79 Å². The number of likely N-dealkylation sites (tertiary alicyclic amines) is 1. The van der Waals surface area contributed by atoms with Gasteiger partial charge >= 0.3 is 0 Å². The highest BCUT2D eigenvalue weighted by Gasteiger charge is 2.28. The van der Waals surface area contributed by atoms with Gasteiger partial charge in [0.25, 0.3) is 11.6 Å². The van der Waals surface area contributed by atoms with Gasteiger partial charge in [-0.15, -0.1) is 0 Å². The van der Waals surface area contributed by atoms with E-state index < -0.39 is 0 Å². The number of aliphatic hydroxyl groups is 1. The van der Waals surface area contributed by atoms with Gasteiger partial charge in [0.2, 0.25) is 0 Å². The zero-order chi connectivity index (χ0) is 15.0. The number of amides is 1. The van der Waals surface area contributed by atoms with Crippen LogP contribution in [0.15, 0.2) is 10.6 Å². The maximum atomic E-state index is 12.8. The summed E-state index contributed by atoms with van der Waals surface area (Å²) in [6, 6.07) is 1.80. The van der Waals surface area contributed by atoms with Gasteiger partial charge in [0.15, 0.2) is 0 Å². The second kappa shape index (κ2) is 5.44. The molecule has 1 aliphatic heterocycles. The molecule has 0 spiro atoms. The molecule has 21 heavy (non-hydrogen) atoms. The third-order valence-electron chi connectivity index (χ3n) is 4.09. The van der Waals surface area contributed by atoms with Gasteiger partial charge in [0.1, 0.15) is 0 Å². The van der Waals surface area contributed by atoms with Crippen LogP contribution in [-0.2, 0) is 0 Å². The summed E-state index contributed by atoms with van der Waals surface area (Å²) in [4.78, 5) is 18.9. The van der Waals surface area contributed by atoms with Gasteiger partial charge in [0, 0.05) is 25.4 Å². The standard InChI is InChI=1S/C15H19N3O3/c1-9-7-12(13-10(2)17-21-14(13)16-9)15(20)18-5-3-11(8-18)4-6-19/h7,11,19H,3-6,8H2,1-2H3. The van der Waals surface area contributed by atoms with Crippen molar-refractivity contribution in [1.82, 2.24) is 15.0 Å². The number of carbonyl (C=O) groups is 1. The Labute approximate surface area is 122 Å². The molecular formula is C15H19N3O3. The first-order valence-electron chi connectivity index (χ1n) is 7.24. The minimum Gasteiger partial charge on any atom is -0.396 e. The van der Waals surface area contributed by atoms with Crippen LogP contribution in [0.3, 0.4) is 0 Å². The largest absolute Gasteiger partial charge is 0.396 e. The highest BCUT2D eigenvalue weighted by Crippen LogP contribution is 2.26. The number of hydrogen-bond donors (Lipinski definition) is 1. The summed E-state index contributed by atoms with van der Waals surface area (Å²) in [6.07, 6.45) is 1.70. The molecule has 3 heterocycles. The van der Waals surface area contributed by atoms with Crippen molar-refractivity contribution in [2.75, 3.05) is 19.7 Å². The maximum Gasteiger partial charge on any atom is 0.258 e. The van der Waals surface area contributed by atoms with E-state index in [0.717, 1.165) is 25.1 Å². The number of pyridine rings is 1. The number of aryl methyl sites for hydroxylation is 2. The molecule has 3 rings (SSSR count). The van der Waals surface area contributed by atoms with Gasteiger partial charge in [-0.05, 0) is 38.7 Å². The number of aromatic nitrogens is 2. The molecule has 2 aromatic rings. The van der Waals surface area contributed by atoms with Crippen LogP contribution in [0.1, 0.15) is 34.6 Å². The number of hydrogen-bond acceptors (Lipinski definition) is 5. The molecule has 1 fully saturated rings. The van der Waals surface area contributed by atoms with E-state index in [-0.39, 0.29) is 12.5 Å². The minimum absolute atomic E-state index is 0.00256. The van der Waals surface area contributed by atoms with E-state index >= 15 is 0 Å². The van der Waals surface area contributed by atoms with E-state index in [2.05, 4.69) is 10.1 Å². The van der Waals surface area contributed by atoms with Crippen molar-refractivity contribution >= 4 is 17.0 Å². The van der Waals surface area contributed by atoms with Crippen molar-refractivity contribution in [1.29, 1.82) is 0 Å². The van der Waals surface area contributed by atoms with E-state index in [1.165, 1.54) is 0 Å². The van der Waals surface area contributed by atoms with Crippen molar-refractivity contribution in [3.63, 3.8) is 0 Å². The molecule has 6 heteroatoms. The van der Waals surface area contributed by atoms with E-state index in [0.29, 0.717) is 34.8 Å². The van der Waals surface area contributed by atoms with Gasteiger partial charge < -0.3 is 14.5 Å². The highest BCUT2D eigenvalue weighted by molar-refractivity contribution is 6.06. The minimum atomic E-state index is -0.00256. The van der Waals surface area contributed by atoms with E-state index in [1.54, 1.807) is 6.07 Å². The summed E-state index contributed by atoms with van der Waals surface area (Å²) in [7, 11) is 0. The van der Waals surface area contributed by atoms with Gasteiger partial charge in [-0.3, -0.25) is 4.79 Å². The first-order chi connectivity index (χ1) is 10.1. The lowest BCUT2D eigenvalue weighted by atomic mass is 10.1. The van der Waals surface area contributed by atoms with Crippen molar-refractivity contribution in [2.24, 2.45) is 5.92 Å². The Morgan fingerprint density at radius 1 is 1.52 bits per heavy atom. The van der Waals surface area contributed by atoms with Crippen molar-refractivity contribution in [3.8, 4) is 0 Å². The van der Waals surface area contributed by atoms with Crippen LogP contribution in [0, 0.1) is 19.8 Å². The average Bonchev–Trinajstić information content (AvgIpc) is 3.05. The molecule has 0 saturated carbocycles. The van der Waals surface area contributed by atoms with Crippen LogP contribution >= 0.6 is 0 Å². The molecule has 1 N–H and O–H groups in total. The molecule has 1 aliphatic rings. The predicted octanol–water partition coefficient (Wildman–Crippen LogP) is 1.68. The lowest BCUT2D eigenvalue weighted by Crippen LogP contribution is -2.29. The lowest BCUT2D eigenvalue weighted by Gasteiger charge is -2.17. The number of carbonyl (C=O) groups excluding carboxylic acids is 1. The Bertz CT molecular complexity index is 680. The molecule has 1 atom stereocenters. The third kappa shape index (κ3) is 2.51. The Morgan fingerprint density at radius 3 is 3.10 bits per heavy atom. The van der Waals surface area contributed by atoms with Gasteiger partial charge in [-0.25, -0.2) is 4.98 Å². The molecule has 0 aliphatic carbocycles. The molecule has 1 amide bonds. The molecule has 112 valence electrons. The SMILES string of the molecule is Cc1cc(C(=O)N2CCC(CCO)C2)c2c(C)noc2n1. The maximum absolute atomic E-state index is 12.8. The summed E-state index contributed by atoms with van der Waals surface area (Å²) in [6.45, 7) is 5.27. The molecular weight excluding hydrogens is 270 g/mol. The Hall–Kier alpha value is -1.95. The molecule has 0 aromatic carbocycles. The van der Waals surface area contributed by atoms with Crippen LogP contribution in [0.4, 0.5) is 0 Å². The molecule has 2 aromatic heterocycles. The van der Waals surface area contributed by atoms with Crippen LogP contribution in [0.2, 0.25) is 0 Å². The first kappa shape index (κ1) is 14.0. The number of fused-ring (bicyclic) bond motifs is 1. The normalized spacial score (nSPS) is 18.6. The Kier molecular flexibility index (Phi) is 3.63. The van der Waals surface area contributed by atoms with E-state index in [4.69, 9.17) is 9.63 Å². The third-order valence-corrected chi connectivity index (χ3v) is 4.09. The smallest absolute Gasteiger partial charge is 0.258 e. The average molecular weight is 289 g/mol. The summed E-state index contributed by atoms with van der Waals surface area (Å²) in [5.74, 6) is 0.387. The topological polar surface area (TPSA) is 79.5 Å². The zero-order valence-corrected chi connectivity index (χ0v) is 12.3. The second-order valence-corrected chi connectivity index (χ2v) is 5.68. The quantitative estimate of drug-likeness (QED) is 0.930. The molecule has 6 nitrogen and oxygen atoms in total. The number of rotatable bonds is 3. The van der Waals surface area contributed by atoms with Gasteiger partial charge in [-0.1, -0.05) is 5.16 Å². The van der Waals surface area contributed by atoms with Crippen molar-refractivity contribution in [3.05, 3.63) is 23.0 Å². The lowest BCUT2D eigenvalue weighted by molar-refractivity contribution is 0.0786. The summed E-state index contributed by atoms with van der Waals surface area (Å²) in [5, 5.41) is 13.6. The Morgan fingerprint density at radius 2 is 2.33 bits per heavy atom. The molecule has 0 bridgehead atoms. The van der Waals surface area contributed by atoms with Crippen molar-refractivity contribution < 1.29 is 14.4 Å². The number of nitrogens with zero attached hydrogens (tertiary/aromatic N) is 3. The van der Waals surface area contributed by atoms with Crippen LogP contribution < -0.4 is 0 Å². The van der Waals surface area contributed by atoms with E-state index in [1.807, 2.05) is 18.7 Å². The van der Waals surface area contributed by atoms with Crippen LogP contribution in [0.5, 0.6) is 0 Å². The fraction of sp³-hybridized carbons (Fsp3) is 0.533. The number of aliphatic hydroxyl groups excluding tert-OH is 1. The fourth-order valence-corrected chi connectivity index (χ4v) is 2.99. The van der Waals surface area contributed by atoms with Gasteiger partial charge in [0.05, 0.1) is 16.6 Å². The fourth-order valence-electron chi connectivity index (χ4n) is 2.99. The zero-order valence-electron chi connectivity index (χ0n) is 12.3. The molecule has 1 unspecified atom stereocenters. The van der Waals surface area contributed by atoms with Crippen molar-refractivity contribution in [2.45, 2.75) is 26.7 Å². The summed E-state index contributed by atoms with van der Waals surface area (Å²) < 4.78 is 5.18. The second-order valence-electron chi connectivity index (χ2n) is 5.68. The van der Waals surface area contributed by atoms with Gasteiger partial charge in [-0.2, -0.15) is 0 Å². The first-order valence-corrected chi connectivity index (χ1v) is 7.24. The summed E-state index contributed by atoms with van der Waals surface area (Å²) >= 11 is 0. The monoisotopic (exact) mass is 289 g/mol. The van der Waals surface area contributed by atoms with Crippen LogP contribution in [0.25, 0.3) is 11.1 Å². The summed E-state index contributed by atoms with van der Waals surface area (Å²) in [5.41, 5.74) is 2.46. The molecule has 1 saturated heterocycles.